The van der Waals surface area contributed by atoms with Crippen LogP contribution in [0, 0.1) is 0 Å². The van der Waals surface area contributed by atoms with Crippen LogP contribution in [0.4, 0.5) is 0 Å². The fourth-order valence-corrected chi connectivity index (χ4v) is 1.03. The van der Waals surface area contributed by atoms with Crippen LogP contribution in [0.25, 0.3) is 0 Å². The van der Waals surface area contributed by atoms with E-state index in [0.717, 1.165) is 17.1 Å². The van der Waals surface area contributed by atoms with Gasteiger partial charge in [-0.3, -0.25) is 0 Å². The number of para-hydroxylation sites is 1. The summed E-state index contributed by atoms with van der Waals surface area (Å²) in [6, 6.07) is 9.73. The van der Waals surface area contributed by atoms with Crippen LogP contribution in [0.3, 0.4) is 0 Å². The molecule has 0 fully saturated rings. The summed E-state index contributed by atoms with van der Waals surface area (Å²) in [4.78, 5) is 0. The van der Waals surface area contributed by atoms with Gasteiger partial charge in [0.25, 0.3) is 0 Å². The second-order valence-corrected chi connectivity index (χ2v) is 3.31. The van der Waals surface area contributed by atoms with Gasteiger partial charge in [-0.25, -0.2) is 0 Å². The Morgan fingerprint density at radius 1 is 1.13 bits per heavy atom. The van der Waals surface area contributed by atoms with E-state index in [1.54, 1.807) is 0 Å². The highest BCUT2D eigenvalue weighted by Gasteiger charge is 1.91. The van der Waals surface area contributed by atoms with E-state index in [9.17, 15) is 0 Å². The van der Waals surface area contributed by atoms with Crippen molar-refractivity contribution in [2.75, 3.05) is 0 Å². The van der Waals surface area contributed by atoms with Gasteiger partial charge in [0.05, 0.1) is 0 Å². The summed E-state index contributed by atoms with van der Waals surface area (Å²) in [5.41, 5.74) is 1.12. The number of benzene rings is 1. The van der Waals surface area contributed by atoms with Crippen molar-refractivity contribution in [2.45, 2.75) is 13.8 Å². The minimum absolute atomic E-state index is 0.857. The molecule has 0 radical (unpaired) electrons. The van der Waals surface area contributed by atoms with Crippen LogP contribution in [0.15, 0.2) is 66.5 Å². The van der Waals surface area contributed by atoms with Gasteiger partial charge in [-0.05, 0) is 32.1 Å². The summed E-state index contributed by atoms with van der Waals surface area (Å²) >= 11 is 0. The Morgan fingerprint density at radius 3 is 2.40 bits per heavy atom. The van der Waals surface area contributed by atoms with Crippen molar-refractivity contribution in [2.24, 2.45) is 0 Å². The molecular weight excluding hydrogens is 184 g/mol. The molecule has 0 saturated carbocycles. The predicted molar refractivity (Wildman–Crippen MR) is 64.8 cm³/mol. The monoisotopic (exact) mass is 200 g/mol. The van der Waals surface area contributed by atoms with Gasteiger partial charge >= 0.3 is 0 Å². The summed E-state index contributed by atoms with van der Waals surface area (Å²) in [6.45, 7) is 7.61. The van der Waals surface area contributed by atoms with Crippen LogP contribution in [-0.4, -0.2) is 0 Å². The zero-order chi connectivity index (χ0) is 11.1. The van der Waals surface area contributed by atoms with Crippen molar-refractivity contribution in [1.82, 2.24) is 0 Å². The van der Waals surface area contributed by atoms with Crippen molar-refractivity contribution < 1.29 is 4.74 Å². The molecule has 1 nitrogen and oxygen atoms in total. The van der Waals surface area contributed by atoms with Gasteiger partial charge in [0.1, 0.15) is 11.5 Å². The lowest BCUT2D eigenvalue weighted by atomic mass is 10.2. The zero-order valence-electron chi connectivity index (χ0n) is 9.23. The van der Waals surface area contributed by atoms with E-state index < -0.39 is 0 Å². The van der Waals surface area contributed by atoms with E-state index in [1.807, 2.05) is 62.4 Å². The van der Waals surface area contributed by atoms with Crippen molar-refractivity contribution in [3.63, 3.8) is 0 Å². The average Bonchev–Trinajstić information content (AvgIpc) is 2.27. The SMILES string of the molecule is C=C/C(C)=C\C=C(/C)Oc1ccccc1. The summed E-state index contributed by atoms with van der Waals surface area (Å²) < 4.78 is 5.59. The van der Waals surface area contributed by atoms with E-state index in [-0.39, 0.29) is 0 Å². The fourth-order valence-electron chi connectivity index (χ4n) is 1.03. The first kappa shape index (κ1) is 11.3. The Hall–Kier alpha value is -1.76. The molecule has 1 aromatic carbocycles. The molecule has 0 aromatic heterocycles. The van der Waals surface area contributed by atoms with Crippen molar-refractivity contribution in [3.05, 3.63) is 66.5 Å². The topological polar surface area (TPSA) is 9.23 Å². The highest BCUT2D eigenvalue weighted by molar-refractivity contribution is 5.25. The van der Waals surface area contributed by atoms with Crippen LogP contribution >= 0.6 is 0 Å². The van der Waals surface area contributed by atoms with Crippen LogP contribution in [0.1, 0.15) is 13.8 Å². The molecular formula is C14H16O. The van der Waals surface area contributed by atoms with Gasteiger partial charge in [-0.15, -0.1) is 0 Å². The molecule has 0 N–H and O–H groups in total. The smallest absolute Gasteiger partial charge is 0.126 e. The zero-order valence-corrected chi connectivity index (χ0v) is 9.23. The molecule has 0 spiro atoms. The Balaban J connectivity index is 2.63. The minimum Gasteiger partial charge on any atom is -0.462 e. The molecule has 0 aliphatic carbocycles. The van der Waals surface area contributed by atoms with Gasteiger partial charge in [-0.2, -0.15) is 0 Å². The van der Waals surface area contributed by atoms with E-state index >= 15 is 0 Å². The third-order valence-corrected chi connectivity index (χ3v) is 1.92. The molecule has 0 saturated heterocycles. The minimum atomic E-state index is 0.857. The summed E-state index contributed by atoms with van der Waals surface area (Å²) in [5, 5.41) is 0. The molecule has 1 aromatic rings. The molecule has 0 heterocycles. The Morgan fingerprint density at radius 2 is 1.80 bits per heavy atom. The normalized spacial score (nSPS) is 12.4. The number of rotatable bonds is 4. The lowest BCUT2D eigenvalue weighted by Crippen LogP contribution is -1.89. The first-order chi connectivity index (χ1) is 7.22. The highest BCUT2D eigenvalue weighted by atomic mass is 16.5. The Labute approximate surface area is 91.4 Å². The summed E-state index contributed by atoms with van der Waals surface area (Å²) in [7, 11) is 0. The van der Waals surface area contributed by atoms with E-state index in [4.69, 9.17) is 4.74 Å². The molecule has 0 bridgehead atoms. The highest BCUT2D eigenvalue weighted by Crippen LogP contribution is 2.12. The second-order valence-electron chi connectivity index (χ2n) is 3.31. The summed E-state index contributed by atoms with van der Waals surface area (Å²) in [5.74, 6) is 1.72. The lowest BCUT2D eigenvalue weighted by molar-refractivity contribution is 0.428. The van der Waals surface area contributed by atoms with E-state index in [2.05, 4.69) is 6.58 Å². The molecule has 1 rings (SSSR count). The van der Waals surface area contributed by atoms with Gasteiger partial charge in [0.2, 0.25) is 0 Å². The van der Waals surface area contributed by atoms with E-state index in [0.29, 0.717) is 0 Å². The number of ether oxygens (including phenoxy) is 1. The first-order valence-corrected chi connectivity index (χ1v) is 4.93. The van der Waals surface area contributed by atoms with Crippen LogP contribution < -0.4 is 4.74 Å². The second kappa shape index (κ2) is 5.86. The standard InChI is InChI=1S/C14H16O/c1-4-12(2)10-11-13(3)15-14-8-6-5-7-9-14/h4-11H,1H2,2-3H3/b12-10-,13-11+. The molecule has 15 heavy (non-hydrogen) atoms. The van der Waals surface area contributed by atoms with E-state index in [1.165, 1.54) is 0 Å². The molecule has 0 amide bonds. The predicted octanol–water partition coefficient (Wildman–Crippen LogP) is 4.10. The third-order valence-electron chi connectivity index (χ3n) is 1.92. The largest absolute Gasteiger partial charge is 0.462 e. The quantitative estimate of drug-likeness (QED) is 0.525. The lowest BCUT2D eigenvalue weighted by Gasteiger charge is -2.04. The van der Waals surface area contributed by atoms with Gasteiger partial charge < -0.3 is 4.74 Å². The molecule has 0 atom stereocenters. The maximum Gasteiger partial charge on any atom is 0.126 e. The maximum absolute atomic E-state index is 5.59. The summed E-state index contributed by atoms with van der Waals surface area (Å²) in [6.07, 6.45) is 5.72. The van der Waals surface area contributed by atoms with Gasteiger partial charge in [-0.1, -0.05) is 42.5 Å². The molecule has 0 aliphatic rings. The number of hydrogen-bond donors (Lipinski definition) is 0. The third kappa shape index (κ3) is 4.32. The number of hydrogen-bond acceptors (Lipinski definition) is 1. The van der Waals surface area contributed by atoms with Gasteiger partial charge in [0.15, 0.2) is 0 Å². The van der Waals surface area contributed by atoms with Crippen LogP contribution in [-0.2, 0) is 0 Å². The van der Waals surface area contributed by atoms with Crippen molar-refractivity contribution in [1.29, 1.82) is 0 Å². The van der Waals surface area contributed by atoms with Gasteiger partial charge in [0, 0.05) is 0 Å². The Bertz CT molecular complexity index is 372. The molecule has 0 unspecified atom stereocenters. The number of allylic oxidation sites excluding steroid dienone is 5. The molecule has 78 valence electrons. The Kier molecular flexibility index (Phi) is 4.42. The molecule has 0 aliphatic heterocycles. The maximum atomic E-state index is 5.59. The van der Waals surface area contributed by atoms with Crippen LogP contribution in [0.2, 0.25) is 0 Å². The fraction of sp³-hybridized carbons (Fsp3) is 0.143. The van der Waals surface area contributed by atoms with Crippen molar-refractivity contribution in [3.8, 4) is 5.75 Å². The van der Waals surface area contributed by atoms with Crippen LogP contribution in [0.5, 0.6) is 5.75 Å². The molecule has 1 heteroatoms. The average molecular weight is 200 g/mol. The van der Waals surface area contributed by atoms with Crippen molar-refractivity contribution >= 4 is 0 Å². The first-order valence-electron chi connectivity index (χ1n) is 4.93.